The first-order valence-electron chi connectivity index (χ1n) is 5.25. The van der Waals surface area contributed by atoms with E-state index >= 15 is 0 Å². The summed E-state index contributed by atoms with van der Waals surface area (Å²) in [6, 6.07) is 3.44. The van der Waals surface area contributed by atoms with Crippen molar-refractivity contribution in [3.05, 3.63) is 23.7 Å². The lowest BCUT2D eigenvalue weighted by atomic mass is 10.4. The van der Waals surface area contributed by atoms with E-state index in [-0.39, 0.29) is 12.4 Å². The van der Waals surface area contributed by atoms with Gasteiger partial charge in [-0.25, -0.2) is 12.7 Å². The first-order valence-corrected chi connectivity index (χ1v) is 6.86. The lowest BCUT2D eigenvalue weighted by molar-refractivity contribution is 0.243. The fraction of sp³-hybridized carbons (Fsp3) is 0.600. The molecule has 1 heterocycles. The van der Waals surface area contributed by atoms with Gasteiger partial charge in [0.2, 0.25) is 10.0 Å². The Labute approximate surface area is 101 Å². The average molecular weight is 262 g/mol. The van der Waals surface area contributed by atoms with E-state index in [1.165, 1.54) is 18.4 Å². The summed E-state index contributed by atoms with van der Waals surface area (Å²) in [5.41, 5.74) is 0. The molecule has 0 amide bonds. The second kappa shape index (κ2) is 6.15. The summed E-state index contributed by atoms with van der Waals surface area (Å²) >= 11 is 0. The molecule has 7 heteroatoms. The van der Waals surface area contributed by atoms with Crippen molar-refractivity contribution in [1.82, 2.24) is 9.62 Å². The Morgan fingerprint density at radius 3 is 2.53 bits per heavy atom. The zero-order chi connectivity index (χ0) is 12.9. The van der Waals surface area contributed by atoms with E-state index in [4.69, 9.17) is 9.52 Å². The molecule has 1 aromatic rings. The Balaban J connectivity index is 2.29. The molecule has 1 aromatic heterocycles. The summed E-state index contributed by atoms with van der Waals surface area (Å²) in [7, 11) is -0.133. The summed E-state index contributed by atoms with van der Waals surface area (Å²) in [5, 5.41) is 11.8. The first kappa shape index (κ1) is 14.2. The molecule has 17 heavy (non-hydrogen) atoms. The van der Waals surface area contributed by atoms with E-state index in [1.807, 2.05) is 0 Å². The largest absolute Gasteiger partial charge is 0.462 e. The number of furan rings is 1. The molecule has 0 unspecified atom stereocenters. The highest BCUT2D eigenvalue weighted by atomic mass is 32.2. The number of aliphatic hydroxyl groups is 1. The molecule has 0 saturated heterocycles. The molecular formula is C10H18N2O4S. The fourth-order valence-electron chi connectivity index (χ4n) is 1.20. The number of sulfonamides is 1. The molecule has 0 fully saturated rings. The summed E-state index contributed by atoms with van der Waals surface area (Å²) in [4.78, 5) is 0. The van der Waals surface area contributed by atoms with Gasteiger partial charge >= 0.3 is 0 Å². The smallest absolute Gasteiger partial charge is 0.214 e. The van der Waals surface area contributed by atoms with Gasteiger partial charge in [0.15, 0.2) is 0 Å². The van der Waals surface area contributed by atoms with Crippen molar-refractivity contribution in [3.8, 4) is 0 Å². The first-order chi connectivity index (χ1) is 7.95. The second-order valence-electron chi connectivity index (χ2n) is 3.80. The molecule has 0 aliphatic rings. The third-order valence-corrected chi connectivity index (χ3v) is 4.10. The van der Waals surface area contributed by atoms with Crippen LogP contribution in [0.2, 0.25) is 0 Å². The zero-order valence-electron chi connectivity index (χ0n) is 10.0. The molecule has 0 atom stereocenters. The number of nitrogens with zero attached hydrogens (tertiary/aromatic N) is 1. The molecule has 1 rings (SSSR count). The number of aliphatic hydroxyl groups excluding tert-OH is 1. The van der Waals surface area contributed by atoms with Gasteiger partial charge in [0.1, 0.15) is 18.1 Å². The molecule has 0 bridgehead atoms. The van der Waals surface area contributed by atoms with Gasteiger partial charge in [-0.1, -0.05) is 0 Å². The molecule has 0 aromatic carbocycles. The third-order valence-electron chi connectivity index (χ3n) is 2.27. The van der Waals surface area contributed by atoms with Crippen LogP contribution in [0.15, 0.2) is 16.5 Å². The Morgan fingerprint density at radius 2 is 2.00 bits per heavy atom. The molecule has 98 valence electrons. The molecular weight excluding hydrogens is 244 g/mol. The standard InChI is InChI=1S/C10H18N2O4S/c1-12(2)17(14,15)6-5-11-7-9-3-4-10(8-13)16-9/h3-4,11,13H,5-8H2,1-2H3. The number of hydrogen-bond acceptors (Lipinski definition) is 5. The highest BCUT2D eigenvalue weighted by Crippen LogP contribution is 2.06. The van der Waals surface area contributed by atoms with Gasteiger partial charge in [-0.3, -0.25) is 0 Å². The van der Waals surface area contributed by atoms with Crippen molar-refractivity contribution in [3.63, 3.8) is 0 Å². The molecule has 2 N–H and O–H groups in total. The van der Waals surface area contributed by atoms with Crippen molar-refractivity contribution in [1.29, 1.82) is 0 Å². The van der Waals surface area contributed by atoms with Crippen molar-refractivity contribution in [2.45, 2.75) is 13.2 Å². The molecule has 0 aliphatic carbocycles. The summed E-state index contributed by atoms with van der Waals surface area (Å²) in [6.45, 7) is 0.674. The quantitative estimate of drug-likeness (QED) is 0.662. The summed E-state index contributed by atoms with van der Waals surface area (Å²) in [6.07, 6.45) is 0. The van der Waals surface area contributed by atoms with Crippen molar-refractivity contribution < 1.29 is 17.9 Å². The van der Waals surface area contributed by atoms with Gasteiger partial charge in [0.05, 0.1) is 12.3 Å². The maximum Gasteiger partial charge on any atom is 0.214 e. The van der Waals surface area contributed by atoms with E-state index < -0.39 is 10.0 Å². The van der Waals surface area contributed by atoms with Crippen LogP contribution < -0.4 is 5.32 Å². The highest BCUT2D eigenvalue weighted by Gasteiger charge is 2.12. The fourth-order valence-corrected chi connectivity index (χ4v) is 1.97. The molecule has 0 radical (unpaired) electrons. The van der Waals surface area contributed by atoms with E-state index in [1.54, 1.807) is 12.1 Å². The van der Waals surface area contributed by atoms with Gasteiger partial charge < -0.3 is 14.8 Å². The Bertz CT molecular complexity index is 439. The predicted octanol–water partition coefficient (Wildman–Crippen LogP) is -0.247. The molecule has 0 saturated carbocycles. The Hall–Kier alpha value is -0.890. The van der Waals surface area contributed by atoms with Gasteiger partial charge in [0.25, 0.3) is 0 Å². The van der Waals surface area contributed by atoms with Crippen LogP contribution in [0.25, 0.3) is 0 Å². The topological polar surface area (TPSA) is 82.8 Å². The monoisotopic (exact) mass is 262 g/mol. The highest BCUT2D eigenvalue weighted by molar-refractivity contribution is 7.89. The minimum Gasteiger partial charge on any atom is -0.462 e. The number of hydrogen-bond donors (Lipinski definition) is 2. The van der Waals surface area contributed by atoms with Crippen LogP contribution in [0, 0.1) is 0 Å². The van der Waals surface area contributed by atoms with Crippen molar-refractivity contribution in [2.24, 2.45) is 0 Å². The second-order valence-corrected chi connectivity index (χ2v) is 6.10. The normalized spacial score (nSPS) is 12.2. The summed E-state index contributed by atoms with van der Waals surface area (Å²) < 4.78 is 29.3. The van der Waals surface area contributed by atoms with Crippen LogP contribution in [-0.2, 0) is 23.2 Å². The van der Waals surface area contributed by atoms with Crippen LogP contribution in [0.4, 0.5) is 0 Å². The van der Waals surface area contributed by atoms with Gasteiger partial charge in [-0.15, -0.1) is 0 Å². The van der Waals surface area contributed by atoms with Crippen molar-refractivity contribution >= 4 is 10.0 Å². The van der Waals surface area contributed by atoms with Crippen LogP contribution in [0.1, 0.15) is 11.5 Å². The minimum atomic E-state index is -3.15. The van der Waals surface area contributed by atoms with Crippen LogP contribution in [-0.4, -0.2) is 44.2 Å². The predicted molar refractivity (Wildman–Crippen MR) is 63.8 cm³/mol. The molecule has 6 nitrogen and oxygen atoms in total. The zero-order valence-corrected chi connectivity index (χ0v) is 10.8. The Kier molecular flexibility index (Phi) is 5.13. The maximum atomic E-state index is 11.4. The van der Waals surface area contributed by atoms with Gasteiger partial charge in [-0.2, -0.15) is 0 Å². The van der Waals surface area contributed by atoms with E-state index in [2.05, 4.69) is 5.32 Å². The SMILES string of the molecule is CN(C)S(=O)(=O)CCNCc1ccc(CO)o1. The van der Waals surface area contributed by atoms with Crippen LogP contribution in [0.5, 0.6) is 0 Å². The van der Waals surface area contributed by atoms with Gasteiger partial charge in [-0.05, 0) is 12.1 Å². The van der Waals surface area contributed by atoms with E-state index in [0.717, 1.165) is 0 Å². The number of rotatable bonds is 7. The average Bonchev–Trinajstić information content (AvgIpc) is 2.72. The minimum absolute atomic E-state index is 0.0492. The van der Waals surface area contributed by atoms with E-state index in [0.29, 0.717) is 24.6 Å². The Morgan fingerprint density at radius 1 is 1.35 bits per heavy atom. The van der Waals surface area contributed by atoms with Crippen LogP contribution >= 0.6 is 0 Å². The number of nitrogens with one attached hydrogen (secondary N) is 1. The third kappa shape index (κ3) is 4.47. The summed E-state index contributed by atoms with van der Waals surface area (Å²) in [5.74, 6) is 1.23. The van der Waals surface area contributed by atoms with Gasteiger partial charge in [0, 0.05) is 20.6 Å². The van der Waals surface area contributed by atoms with E-state index in [9.17, 15) is 8.42 Å². The lowest BCUT2D eigenvalue weighted by Crippen LogP contribution is -2.30. The van der Waals surface area contributed by atoms with Crippen molar-refractivity contribution in [2.75, 3.05) is 26.4 Å². The maximum absolute atomic E-state index is 11.4. The van der Waals surface area contributed by atoms with Crippen LogP contribution in [0.3, 0.4) is 0 Å². The lowest BCUT2D eigenvalue weighted by Gasteiger charge is -2.10. The molecule has 0 spiro atoms. The molecule has 0 aliphatic heterocycles.